The third-order valence-electron chi connectivity index (χ3n) is 3.44. The zero-order valence-corrected chi connectivity index (χ0v) is 13.3. The minimum Gasteiger partial charge on any atom is -0.382 e. The summed E-state index contributed by atoms with van der Waals surface area (Å²) in [5.74, 6) is 0.973. The molecule has 5 nitrogen and oxygen atoms in total. The molecule has 0 aliphatic heterocycles. The lowest BCUT2D eigenvalue weighted by Gasteiger charge is -2.18. The molecule has 1 heterocycles. The Morgan fingerprint density at radius 1 is 1.25 bits per heavy atom. The van der Waals surface area contributed by atoms with Crippen molar-refractivity contribution in [2.45, 2.75) is 40.2 Å². The number of nitrogens with one attached hydrogen (secondary N) is 1. The van der Waals surface area contributed by atoms with E-state index in [0.717, 1.165) is 64.7 Å². The van der Waals surface area contributed by atoms with E-state index in [-0.39, 0.29) is 0 Å². The summed E-state index contributed by atoms with van der Waals surface area (Å²) >= 11 is 0. The van der Waals surface area contributed by atoms with Crippen LogP contribution in [0.3, 0.4) is 0 Å². The number of rotatable bonds is 12. The predicted octanol–water partition coefficient (Wildman–Crippen LogP) is 2.45. The van der Waals surface area contributed by atoms with Gasteiger partial charge in [0.15, 0.2) is 0 Å². The average Bonchev–Trinajstić information content (AvgIpc) is 2.91. The highest BCUT2D eigenvalue weighted by Gasteiger charge is 2.03. The second-order valence-electron chi connectivity index (χ2n) is 4.80. The number of aromatic nitrogens is 2. The Bertz CT molecular complexity index is 336. The van der Waals surface area contributed by atoms with Gasteiger partial charge in [0, 0.05) is 38.7 Å². The van der Waals surface area contributed by atoms with Crippen LogP contribution >= 0.6 is 0 Å². The number of hydrogen-bond donors (Lipinski definition) is 1. The molecule has 0 saturated carbocycles. The quantitative estimate of drug-likeness (QED) is 0.598. The third-order valence-corrected chi connectivity index (χ3v) is 3.44. The lowest BCUT2D eigenvalue weighted by Crippen LogP contribution is -2.25. The normalized spacial score (nSPS) is 11.2. The summed E-state index contributed by atoms with van der Waals surface area (Å²) < 4.78 is 7.52. The van der Waals surface area contributed by atoms with Crippen molar-refractivity contribution in [1.82, 2.24) is 14.5 Å². The summed E-state index contributed by atoms with van der Waals surface area (Å²) in [7, 11) is 0. The monoisotopic (exact) mass is 282 g/mol. The molecule has 1 rings (SSSR count). The van der Waals surface area contributed by atoms with Gasteiger partial charge in [-0.05, 0) is 39.4 Å². The molecule has 1 aromatic heterocycles. The highest BCUT2D eigenvalue weighted by atomic mass is 16.5. The Morgan fingerprint density at radius 2 is 2.05 bits per heavy atom. The van der Waals surface area contributed by atoms with Crippen LogP contribution in [0.2, 0.25) is 0 Å². The van der Waals surface area contributed by atoms with Gasteiger partial charge in [-0.3, -0.25) is 0 Å². The lowest BCUT2D eigenvalue weighted by atomic mass is 10.3. The van der Waals surface area contributed by atoms with Gasteiger partial charge in [0.2, 0.25) is 5.95 Å². The van der Waals surface area contributed by atoms with E-state index >= 15 is 0 Å². The van der Waals surface area contributed by atoms with E-state index in [9.17, 15) is 0 Å². The van der Waals surface area contributed by atoms with Crippen molar-refractivity contribution in [3.63, 3.8) is 0 Å². The van der Waals surface area contributed by atoms with Crippen molar-refractivity contribution in [2.24, 2.45) is 0 Å². The molecule has 5 heteroatoms. The highest BCUT2D eigenvalue weighted by molar-refractivity contribution is 5.25. The van der Waals surface area contributed by atoms with Crippen molar-refractivity contribution >= 4 is 5.95 Å². The van der Waals surface area contributed by atoms with Gasteiger partial charge in [-0.1, -0.05) is 13.8 Å². The first-order chi connectivity index (χ1) is 9.81. The molecule has 0 amide bonds. The van der Waals surface area contributed by atoms with Gasteiger partial charge < -0.3 is 19.5 Å². The molecule has 0 atom stereocenters. The summed E-state index contributed by atoms with van der Waals surface area (Å²) in [5, 5.41) is 3.38. The third kappa shape index (κ3) is 6.39. The molecule has 0 aromatic carbocycles. The molecule has 0 spiro atoms. The molecule has 1 aromatic rings. The fourth-order valence-corrected chi connectivity index (χ4v) is 2.18. The largest absolute Gasteiger partial charge is 0.382 e. The Morgan fingerprint density at radius 3 is 2.75 bits per heavy atom. The number of anilines is 1. The van der Waals surface area contributed by atoms with Gasteiger partial charge >= 0.3 is 0 Å². The first-order valence-electron chi connectivity index (χ1n) is 7.86. The van der Waals surface area contributed by atoms with Crippen LogP contribution in [-0.4, -0.2) is 53.8 Å². The topological polar surface area (TPSA) is 42.3 Å². The van der Waals surface area contributed by atoms with E-state index in [1.54, 1.807) is 0 Å². The van der Waals surface area contributed by atoms with Crippen LogP contribution in [0.15, 0.2) is 12.4 Å². The predicted molar refractivity (Wildman–Crippen MR) is 84.2 cm³/mol. The zero-order valence-electron chi connectivity index (χ0n) is 13.3. The van der Waals surface area contributed by atoms with Crippen LogP contribution in [0.1, 0.15) is 33.6 Å². The molecule has 1 N–H and O–H groups in total. The second-order valence-corrected chi connectivity index (χ2v) is 4.80. The number of aryl methyl sites for hydroxylation is 1. The van der Waals surface area contributed by atoms with Gasteiger partial charge in [-0.2, -0.15) is 0 Å². The fraction of sp³-hybridized carbons (Fsp3) is 0.800. The molecule has 0 fully saturated rings. The van der Waals surface area contributed by atoms with Gasteiger partial charge in [0.05, 0.1) is 0 Å². The van der Waals surface area contributed by atoms with E-state index in [0.29, 0.717) is 0 Å². The summed E-state index contributed by atoms with van der Waals surface area (Å²) in [6, 6.07) is 0. The number of imidazole rings is 1. The summed E-state index contributed by atoms with van der Waals surface area (Å²) in [6.45, 7) is 13.4. The maximum atomic E-state index is 5.33. The van der Waals surface area contributed by atoms with Crippen LogP contribution in [0.5, 0.6) is 0 Å². The van der Waals surface area contributed by atoms with Crippen molar-refractivity contribution < 1.29 is 4.74 Å². The van der Waals surface area contributed by atoms with Crippen LogP contribution in [0, 0.1) is 0 Å². The molecular formula is C15H30N4O. The molecule has 0 saturated heterocycles. The van der Waals surface area contributed by atoms with Crippen molar-refractivity contribution in [1.29, 1.82) is 0 Å². The van der Waals surface area contributed by atoms with E-state index in [1.165, 1.54) is 0 Å². The van der Waals surface area contributed by atoms with E-state index in [2.05, 4.69) is 33.6 Å². The van der Waals surface area contributed by atoms with Crippen LogP contribution < -0.4 is 5.32 Å². The van der Waals surface area contributed by atoms with E-state index < -0.39 is 0 Å². The smallest absolute Gasteiger partial charge is 0.202 e. The second kappa shape index (κ2) is 10.7. The first-order valence-corrected chi connectivity index (χ1v) is 7.86. The molecule has 0 bridgehead atoms. The van der Waals surface area contributed by atoms with Crippen LogP contribution in [0.25, 0.3) is 0 Å². The minimum absolute atomic E-state index is 0.792. The molecular weight excluding hydrogens is 252 g/mol. The van der Waals surface area contributed by atoms with Crippen molar-refractivity contribution in [3.05, 3.63) is 12.4 Å². The fourth-order valence-electron chi connectivity index (χ4n) is 2.18. The summed E-state index contributed by atoms with van der Waals surface area (Å²) in [4.78, 5) is 6.82. The van der Waals surface area contributed by atoms with Gasteiger partial charge in [0.1, 0.15) is 0 Å². The maximum Gasteiger partial charge on any atom is 0.202 e. The standard InChI is InChI=1S/C15H30N4O/c1-4-18(5-2)11-8-12-19-13-10-17-15(19)16-9-7-14-20-6-3/h10,13H,4-9,11-12,14H2,1-3H3,(H,16,17). The Balaban J connectivity index is 2.24. The highest BCUT2D eigenvalue weighted by Crippen LogP contribution is 2.06. The Hall–Kier alpha value is -1.07. The molecule has 116 valence electrons. The Kier molecular flexibility index (Phi) is 9.07. The van der Waals surface area contributed by atoms with Crippen LogP contribution in [-0.2, 0) is 11.3 Å². The summed E-state index contributed by atoms with van der Waals surface area (Å²) in [6.07, 6.45) is 6.08. The zero-order chi connectivity index (χ0) is 14.6. The molecule has 20 heavy (non-hydrogen) atoms. The maximum absolute atomic E-state index is 5.33. The molecule has 0 unspecified atom stereocenters. The number of ether oxygens (including phenoxy) is 1. The number of hydrogen-bond acceptors (Lipinski definition) is 4. The van der Waals surface area contributed by atoms with E-state index in [1.807, 2.05) is 19.3 Å². The van der Waals surface area contributed by atoms with Crippen molar-refractivity contribution in [3.8, 4) is 0 Å². The number of nitrogens with zero attached hydrogens (tertiary/aromatic N) is 3. The van der Waals surface area contributed by atoms with Gasteiger partial charge in [0.25, 0.3) is 0 Å². The van der Waals surface area contributed by atoms with Gasteiger partial charge in [-0.25, -0.2) is 4.98 Å². The van der Waals surface area contributed by atoms with Gasteiger partial charge in [-0.15, -0.1) is 0 Å². The molecule has 0 radical (unpaired) electrons. The van der Waals surface area contributed by atoms with Crippen molar-refractivity contribution in [2.75, 3.05) is 44.7 Å². The molecule has 0 aliphatic rings. The Labute approximate surface area is 123 Å². The minimum atomic E-state index is 0.792. The first kappa shape index (κ1) is 17.0. The average molecular weight is 282 g/mol. The molecule has 0 aliphatic carbocycles. The van der Waals surface area contributed by atoms with E-state index in [4.69, 9.17) is 4.74 Å². The van der Waals surface area contributed by atoms with Crippen LogP contribution in [0.4, 0.5) is 5.95 Å². The SMILES string of the molecule is CCOCCCNc1nccn1CCCN(CC)CC. The lowest BCUT2D eigenvalue weighted by molar-refractivity contribution is 0.147. The summed E-state index contributed by atoms with van der Waals surface area (Å²) in [5.41, 5.74) is 0.